The average Bonchev–Trinajstić information content (AvgIpc) is 2.99. The van der Waals surface area contributed by atoms with Crippen LogP contribution < -0.4 is 5.56 Å². The topological polar surface area (TPSA) is 44.1 Å². The van der Waals surface area contributed by atoms with Crippen molar-refractivity contribution in [1.82, 2.24) is 9.55 Å². The van der Waals surface area contributed by atoms with Gasteiger partial charge in [-0.2, -0.15) is 0 Å². The van der Waals surface area contributed by atoms with Gasteiger partial charge in [0.25, 0.3) is 5.56 Å². The minimum Gasteiger partial charge on any atom is -0.380 e. The Balaban J connectivity index is 1.85. The van der Waals surface area contributed by atoms with Crippen molar-refractivity contribution in [3.63, 3.8) is 0 Å². The van der Waals surface area contributed by atoms with E-state index in [1.807, 2.05) is 13.0 Å². The zero-order valence-electron chi connectivity index (χ0n) is 14.9. The number of nitrogens with zero attached hydrogens (tertiary/aromatic N) is 2. The number of ether oxygens (including phenoxy) is 1. The van der Waals surface area contributed by atoms with Crippen molar-refractivity contribution >= 4 is 10.9 Å². The van der Waals surface area contributed by atoms with Crippen molar-refractivity contribution in [1.29, 1.82) is 0 Å². The van der Waals surface area contributed by atoms with Crippen LogP contribution in [0.1, 0.15) is 34.2 Å². The van der Waals surface area contributed by atoms with E-state index in [-0.39, 0.29) is 11.4 Å². The Labute approximate surface area is 150 Å². The molecule has 5 heteroatoms. The zero-order chi connectivity index (χ0) is 18.0. The van der Waals surface area contributed by atoms with E-state index in [1.54, 1.807) is 23.8 Å². The van der Waals surface area contributed by atoms with Crippen LogP contribution in [-0.4, -0.2) is 16.7 Å². The summed E-state index contributed by atoms with van der Waals surface area (Å²) < 4.78 is 21.4. The normalized spacial score (nSPS) is 14.6. The molecule has 132 valence electrons. The molecule has 0 bridgehead atoms. The van der Waals surface area contributed by atoms with Gasteiger partial charge in [-0.3, -0.25) is 4.79 Å². The van der Waals surface area contributed by atoms with Crippen LogP contribution in [-0.2, 0) is 30.7 Å². The lowest BCUT2D eigenvalue weighted by molar-refractivity contribution is 0.184. The van der Waals surface area contributed by atoms with Crippen LogP contribution >= 0.6 is 0 Å². The van der Waals surface area contributed by atoms with E-state index in [2.05, 4.69) is 0 Å². The summed E-state index contributed by atoms with van der Waals surface area (Å²) in [5, 5.41) is 1.10. The summed E-state index contributed by atoms with van der Waals surface area (Å²) in [7, 11) is 1.61. The van der Waals surface area contributed by atoms with Crippen molar-refractivity contribution in [3.8, 4) is 11.4 Å². The van der Waals surface area contributed by atoms with Crippen LogP contribution in [0.15, 0.2) is 23.0 Å². The number of rotatable bonds is 2. The van der Waals surface area contributed by atoms with Crippen LogP contribution in [0.5, 0.6) is 0 Å². The molecule has 0 saturated carbocycles. The maximum absolute atomic E-state index is 14.4. The molecule has 4 nitrogen and oxygen atoms in total. The van der Waals surface area contributed by atoms with Gasteiger partial charge in [-0.05, 0) is 54.5 Å². The quantitative estimate of drug-likeness (QED) is 0.556. The molecule has 1 aromatic carbocycles. The molecule has 0 amide bonds. The smallest absolute Gasteiger partial charge is 0.251 e. The minimum absolute atomic E-state index is 0.0396. The second-order valence-electron chi connectivity index (χ2n) is 7.23. The number of aryl methyl sites for hydroxylation is 2. The fraction of sp³-hybridized carbons (Fsp3) is 0.333. The second kappa shape index (κ2) is 5.48. The number of aromatic nitrogens is 2. The minimum atomic E-state index is -0.198. The Morgan fingerprint density at radius 3 is 2.81 bits per heavy atom. The number of methoxy groups -OCH3 is 1. The summed E-state index contributed by atoms with van der Waals surface area (Å²) >= 11 is 0. The third kappa shape index (κ3) is 2.04. The van der Waals surface area contributed by atoms with E-state index in [0.29, 0.717) is 18.7 Å². The van der Waals surface area contributed by atoms with Crippen molar-refractivity contribution in [3.05, 3.63) is 62.2 Å². The number of benzene rings is 1. The Morgan fingerprint density at radius 1 is 1.19 bits per heavy atom. The van der Waals surface area contributed by atoms with E-state index >= 15 is 0 Å². The third-order valence-corrected chi connectivity index (χ3v) is 5.73. The Hall–Kier alpha value is -2.53. The molecule has 0 unspecified atom stereocenters. The van der Waals surface area contributed by atoms with Crippen molar-refractivity contribution in [2.24, 2.45) is 0 Å². The highest BCUT2D eigenvalue weighted by Crippen LogP contribution is 2.40. The maximum Gasteiger partial charge on any atom is 0.251 e. The first kappa shape index (κ1) is 15.7. The average molecular weight is 350 g/mol. The van der Waals surface area contributed by atoms with Crippen LogP contribution in [0.2, 0.25) is 0 Å². The summed E-state index contributed by atoms with van der Waals surface area (Å²) in [6.07, 6.45) is 2.84. The van der Waals surface area contributed by atoms with Crippen LogP contribution in [0.3, 0.4) is 0 Å². The maximum atomic E-state index is 14.4. The monoisotopic (exact) mass is 350 g/mol. The molecular weight excluding hydrogens is 331 g/mol. The predicted molar refractivity (Wildman–Crippen MR) is 98.0 cm³/mol. The molecule has 3 aromatic rings. The lowest BCUT2D eigenvalue weighted by Gasteiger charge is -2.21. The molecule has 0 fully saturated rings. The summed E-state index contributed by atoms with van der Waals surface area (Å²) in [5.74, 6) is -0.198. The molecule has 0 spiro atoms. The van der Waals surface area contributed by atoms with Crippen LogP contribution in [0, 0.1) is 12.7 Å². The van der Waals surface area contributed by atoms with E-state index in [9.17, 15) is 9.18 Å². The Bertz CT molecular complexity index is 1150. The number of hydrogen-bond donors (Lipinski definition) is 0. The van der Waals surface area contributed by atoms with Gasteiger partial charge in [0, 0.05) is 30.2 Å². The third-order valence-electron chi connectivity index (χ3n) is 5.73. The number of hydrogen-bond acceptors (Lipinski definition) is 3. The van der Waals surface area contributed by atoms with Gasteiger partial charge in [0.2, 0.25) is 0 Å². The molecule has 1 aliphatic carbocycles. The lowest BCUT2D eigenvalue weighted by atomic mass is 9.85. The summed E-state index contributed by atoms with van der Waals surface area (Å²) in [5.41, 5.74) is 7.31. The van der Waals surface area contributed by atoms with Crippen molar-refractivity contribution < 1.29 is 9.13 Å². The van der Waals surface area contributed by atoms with Crippen molar-refractivity contribution in [2.45, 2.75) is 39.3 Å². The molecule has 2 aromatic heterocycles. The van der Waals surface area contributed by atoms with E-state index < -0.39 is 0 Å². The van der Waals surface area contributed by atoms with Gasteiger partial charge in [0.1, 0.15) is 5.82 Å². The fourth-order valence-corrected chi connectivity index (χ4v) is 4.52. The first-order valence-electron chi connectivity index (χ1n) is 8.95. The highest BCUT2D eigenvalue weighted by molar-refractivity contribution is 5.92. The standard InChI is InChI=1S/C21H19FN2O2/c1-11-13-4-3-5-14-15-9-24-18(6-12(10-26-2)7-19(24)25)21(15)23-17(20(13)14)8-16(11)22/h6-8H,3-5,9-10H2,1-2H3. The highest BCUT2D eigenvalue weighted by Gasteiger charge is 2.29. The van der Waals surface area contributed by atoms with Gasteiger partial charge in [-0.15, -0.1) is 0 Å². The summed E-state index contributed by atoms with van der Waals surface area (Å²) in [6, 6.07) is 5.14. The SMILES string of the molecule is COCc1cc2n(c(=O)c1)Cc1c-2nc2cc(F)c(C)c3c2c1CCC3. The molecule has 26 heavy (non-hydrogen) atoms. The number of pyridine rings is 2. The molecule has 5 rings (SSSR count). The first-order valence-corrected chi connectivity index (χ1v) is 8.95. The van der Waals surface area contributed by atoms with Crippen LogP contribution in [0.25, 0.3) is 22.3 Å². The molecule has 2 aliphatic rings. The van der Waals surface area contributed by atoms with E-state index in [0.717, 1.165) is 58.3 Å². The molecule has 0 radical (unpaired) electrons. The van der Waals surface area contributed by atoms with E-state index in [4.69, 9.17) is 9.72 Å². The predicted octanol–water partition coefficient (Wildman–Crippen LogP) is 3.51. The summed E-state index contributed by atoms with van der Waals surface area (Å²) in [4.78, 5) is 17.4. The Morgan fingerprint density at radius 2 is 2.00 bits per heavy atom. The van der Waals surface area contributed by atoms with Gasteiger partial charge in [-0.25, -0.2) is 9.37 Å². The fourth-order valence-electron chi connectivity index (χ4n) is 4.52. The molecule has 0 N–H and O–H groups in total. The van der Waals surface area contributed by atoms with Crippen molar-refractivity contribution in [2.75, 3.05) is 7.11 Å². The van der Waals surface area contributed by atoms with Crippen LogP contribution in [0.4, 0.5) is 4.39 Å². The van der Waals surface area contributed by atoms with Gasteiger partial charge in [0.05, 0.1) is 30.1 Å². The lowest BCUT2D eigenvalue weighted by Crippen LogP contribution is -2.19. The van der Waals surface area contributed by atoms with Gasteiger partial charge < -0.3 is 9.30 Å². The van der Waals surface area contributed by atoms with Gasteiger partial charge in [-0.1, -0.05) is 0 Å². The molecule has 0 atom stereocenters. The highest BCUT2D eigenvalue weighted by atomic mass is 19.1. The molecular formula is C21H19FN2O2. The van der Waals surface area contributed by atoms with Gasteiger partial charge >= 0.3 is 0 Å². The Kier molecular flexibility index (Phi) is 3.31. The van der Waals surface area contributed by atoms with E-state index in [1.165, 1.54) is 5.56 Å². The second-order valence-corrected chi connectivity index (χ2v) is 7.23. The molecule has 0 saturated heterocycles. The first-order chi connectivity index (χ1) is 12.6. The largest absolute Gasteiger partial charge is 0.380 e. The zero-order valence-corrected chi connectivity index (χ0v) is 14.9. The summed E-state index contributed by atoms with van der Waals surface area (Å²) in [6.45, 7) is 2.78. The van der Waals surface area contributed by atoms with Gasteiger partial charge in [0.15, 0.2) is 0 Å². The number of halogens is 1. The molecule has 1 aliphatic heterocycles. The number of fused-ring (bicyclic) bond motifs is 4. The molecule has 3 heterocycles.